The minimum atomic E-state index is -0.941. The van der Waals surface area contributed by atoms with Crippen LogP contribution in [0.3, 0.4) is 0 Å². The van der Waals surface area contributed by atoms with Crippen LogP contribution in [0.2, 0.25) is 0 Å². The Balaban J connectivity index is 2.13. The zero-order valence-electron chi connectivity index (χ0n) is 12.4. The maximum Gasteiger partial charge on any atom is 0.220 e. The van der Waals surface area contributed by atoms with Gasteiger partial charge >= 0.3 is 0 Å². The molecule has 23 heavy (non-hydrogen) atoms. The number of nitrogens with zero attached hydrogens (tertiary/aromatic N) is 4. The molecule has 3 rings (SSSR count). The second-order valence-corrected chi connectivity index (χ2v) is 5.71. The van der Waals surface area contributed by atoms with Crippen molar-refractivity contribution in [2.75, 3.05) is 4.90 Å². The highest BCUT2D eigenvalue weighted by Gasteiger charge is 2.43. The highest BCUT2D eigenvalue weighted by atomic mass is 19.1. The van der Waals surface area contributed by atoms with E-state index in [4.69, 9.17) is 16.7 Å². The molecule has 0 radical (unpaired) electrons. The lowest BCUT2D eigenvalue weighted by Crippen LogP contribution is -2.58. The highest BCUT2D eigenvalue weighted by Crippen LogP contribution is 2.40. The number of guanidine groups is 2. The first kappa shape index (κ1) is 15.2. The molecule has 4 N–H and O–H groups in total. The number of nitriles is 1. The number of hydrogen-bond acceptors (Lipinski definition) is 6. The van der Waals surface area contributed by atoms with Crippen molar-refractivity contribution >= 4 is 17.6 Å². The molecular weight excluding hydrogens is 302 g/mol. The monoisotopic (exact) mass is 318 g/mol. The van der Waals surface area contributed by atoms with Crippen molar-refractivity contribution < 1.29 is 8.78 Å². The van der Waals surface area contributed by atoms with Gasteiger partial charge < -0.3 is 11.5 Å². The van der Waals surface area contributed by atoms with Crippen LogP contribution in [0.5, 0.6) is 0 Å². The van der Waals surface area contributed by atoms with Crippen molar-refractivity contribution in [1.29, 1.82) is 5.26 Å². The van der Waals surface area contributed by atoms with Gasteiger partial charge in [0.05, 0.1) is 5.69 Å². The lowest BCUT2D eigenvalue weighted by Gasteiger charge is -2.45. The van der Waals surface area contributed by atoms with Crippen molar-refractivity contribution in [3.63, 3.8) is 0 Å². The fraction of sp³-hybridized carbons (Fsp3) is 0.400. The van der Waals surface area contributed by atoms with Gasteiger partial charge in [-0.15, -0.1) is 0 Å². The minimum Gasteiger partial charge on any atom is -0.369 e. The van der Waals surface area contributed by atoms with Crippen LogP contribution < -0.4 is 16.4 Å². The summed E-state index contributed by atoms with van der Waals surface area (Å²) in [5, 5.41) is 8.80. The Labute approximate surface area is 132 Å². The average molecular weight is 318 g/mol. The number of benzene rings is 1. The van der Waals surface area contributed by atoms with Gasteiger partial charge in [0.15, 0.2) is 0 Å². The Morgan fingerprint density at radius 1 is 1.13 bits per heavy atom. The van der Waals surface area contributed by atoms with Crippen LogP contribution in [0.15, 0.2) is 22.1 Å². The van der Waals surface area contributed by atoms with E-state index in [9.17, 15) is 8.78 Å². The molecule has 1 fully saturated rings. The van der Waals surface area contributed by atoms with E-state index >= 15 is 0 Å². The normalized spacial score (nSPS) is 20.0. The summed E-state index contributed by atoms with van der Waals surface area (Å²) in [5.41, 5.74) is 10.5. The summed E-state index contributed by atoms with van der Waals surface area (Å²) in [5.74, 6) is -1.77. The van der Waals surface area contributed by atoms with Gasteiger partial charge in [0.25, 0.3) is 0 Å². The Morgan fingerprint density at radius 3 is 2.30 bits per heavy atom. The average Bonchev–Trinajstić information content (AvgIpc) is 2.46. The Hall–Kier alpha value is -2.69. The second kappa shape index (κ2) is 5.50. The molecule has 1 saturated carbocycles. The molecule has 6 nitrogen and oxygen atoms in total. The van der Waals surface area contributed by atoms with Crippen LogP contribution in [0.4, 0.5) is 14.5 Å². The molecule has 0 atom stereocenters. The first-order valence-electron chi connectivity index (χ1n) is 7.36. The predicted octanol–water partition coefficient (Wildman–Crippen LogP) is 1.95. The number of rotatable bonds is 1. The smallest absolute Gasteiger partial charge is 0.220 e. The van der Waals surface area contributed by atoms with Crippen LogP contribution in [0.25, 0.3) is 0 Å². The van der Waals surface area contributed by atoms with Crippen molar-refractivity contribution in [1.82, 2.24) is 0 Å². The standard InChI is InChI=1S/C15H16F2N6/c16-11-6-9(7-12(17)10(11)8-18)23-14(20)21-13(19)22-15(23)4-2-1-3-5-15/h6-7H,1-5H2,(H4,19,20,21,22). The van der Waals surface area contributed by atoms with E-state index in [1.807, 2.05) is 0 Å². The summed E-state index contributed by atoms with van der Waals surface area (Å²) in [6.45, 7) is 0. The molecule has 0 unspecified atom stereocenters. The van der Waals surface area contributed by atoms with Gasteiger partial charge in [0.1, 0.15) is 28.9 Å². The van der Waals surface area contributed by atoms with Crippen LogP contribution in [0.1, 0.15) is 37.7 Å². The number of anilines is 1. The van der Waals surface area contributed by atoms with E-state index in [0.717, 1.165) is 31.4 Å². The van der Waals surface area contributed by atoms with Crippen LogP contribution in [-0.2, 0) is 0 Å². The fourth-order valence-electron chi connectivity index (χ4n) is 3.29. The number of hydrogen-bond donors (Lipinski definition) is 2. The van der Waals surface area contributed by atoms with Crippen molar-refractivity contribution in [3.05, 3.63) is 29.3 Å². The van der Waals surface area contributed by atoms with Gasteiger partial charge in [0.2, 0.25) is 11.9 Å². The van der Waals surface area contributed by atoms with E-state index in [-0.39, 0.29) is 17.6 Å². The molecule has 0 bridgehead atoms. The fourth-order valence-corrected chi connectivity index (χ4v) is 3.29. The second-order valence-electron chi connectivity index (χ2n) is 5.71. The van der Waals surface area contributed by atoms with Crippen LogP contribution in [0, 0.1) is 23.0 Å². The third kappa shape index (κ3) is 2.48. The molecule has 1 heterocycles. The first-order chi connectivity index (χ1) is 11.0. The molecule has 120 valence electrons. The molecular formula is C15H16F2N6. The quantitative estimate of drug-likeness (QED) is 0.825. The highest BCUT2D eigenvalue weighted by molar-refractivity contribution is 6.05. The lowest BCUT2D eigenvalue weighted by molar-refractivity contribution is 0.305. The number of halogens is 2. The van der Waals surface area contributed by atoms with E-state index in [1.54, 1.807) is 0 Å². The summed E-state index contributed by atoms with van der Waals surface area (Å²) in [4.78, 5) is 9.88. The summed E-state index contributed by atoms with van der Waals surface area (Å²) in [6, 6.07) is 3.67. The molecule has 1 aliphatic heterocycles. The molecule has 0 aromatic heterocycles. The van der Waals surface area contributed by atoms with Crippen LogP contribution >= 0.6 is 0 Å². The maximum atomic E-state index is 14.0. The van der Waals surface area contributed by atoms with E-state index in [0.29, 0.717) is 12.8 Å². The first-order valence-corrected chi connectivity index (χ1v) is 7.36. The third-order valence-electron chi connectivity index (χ3n) is 4.25. The predicted molar refractivity (Wildman–Crippen MR) is 82.6 cm³/mol. The summed E-state index contributed by atoms with van der Waals surface area (Å²) in [6.07, 6.45) is 4.18. The van der Waals surface area contributed by atoms with Gasteiger partial charge in [-0.1, -0.05) is 6.42 Å². The molecule has 1 aromatic carbocycles. The lowest BCUT2D eigenvalue weighted by atomic mass is 9.87. The molecule has 1 aromatic rings. The molecule has 0 amide bonds. The van der Waals surface area contributed by atoms with Gasteiger partial charge in [-0.25, -0.2) is 13.8 Å². The van der Waals surface area contributed by atoms with Gasteiger partial charge in [-0.2, -0.15) is 10.3 Å². The van der Waals surface area contributed by atoms with Crippen molar-refractivity contribution in [2.45, 2.75) is 37.8 Å². The topological polar surface area (TPSA) is 104 Å². The number of nitrogens with two attached hydrogens (primary N) is 2. The Morgan fingerprint density at radius 2 is 1.74 bits per heavy atom. The largest absolute Gasteiger partial charge is 0.369 e. The Bertz CT molecular complexity index is 720. The van der Waals surface area contributed by atoms with E-state index < -0.39 is 22.9 Å². The zero-order chi connectivity index (χ0) is 16.6. The summed E-state index contributed by atoms with van der Waals surface area (Å²) < 4.78 is 28.0. The zero-order valence-corrected chi connectivity index (χ0v) is 12.4. The van der Waals surface area contributed by atoms with Crippen LogP contribution in [-0.4, -0.2) is 17.6 Å². The third-order valence-corrected chi connectivity index (χ3v) is 4.25. The molecule has 0 saturated heterocycles. The van der Waals surface area contributed by atoms with E-state index in [2.05, 4.69) is 9.98 Å². The minimum absolute atomic E-state index is 0.0444. The summed E-state index contributed by atoms with van der Waals surface area (Å²) in [7, 11) is 0. The maximum absolute atomic E-state index is 14.0. The summed E-state index contributed by atoms with van der Waals surface area (Å²) >= 11 is 0. The molecule has 1 aliphatic carbocycles. The molecule has 8 heteroatoms. The molecule has 1 spiro atoms. The molecule has 2 aliphatic rings. The van der Waals surface area contributed by atoms with Gasteiger partial charge in [-0.05, 0) is 37.8 Å². The van der Waals surface area contributed by atoms with Crippen molar-refractivity contribution in [2.24, 2.45) is 21.5 Å². The van der Waals surface area contributed by atoms with Gasteiger partial charge in [0, 0.05) is 0 Å². The van der Waals surface area contributed by atoms with Crippen molar-refractivity contribution in [3.8, 4) is 6.07 Å². The SMILES string of the molecule is N#Cc1c(F)cc(N2C(N)=NC(N)=NC23CCCCC3)cc1F. The van der Waals surface area contributed by atoms with E-state index in [1.165, 1.54) is 11.0 Å². The van der Waals surface area contributed by atoms with Gasteiger partial charge in [-0.3, -0.25) is 4.90 Å². The number of aliphatic imine (C=N–C) groups is 2. The Kier molecular flexibility index (Phi) is 3.64.